The minimum absolute atomic E-state index is 0.0213. The van der Waals surface area contributed by atoms with Gasteiger partial charge in [0.1, 0.15) is 34.5 Å². The highest BCUT2D eigenvalue weighted by Crippen LogP contribution is 2.23. The molecule has 4 heterocycles. The fraction of sp³-hybridized carbons (Fsp3) is 0.480. The third kappa shape index (κ3) is 6.48. The van der Waals surface area contributed by atoms with Gasteiger partial charge in [-0.1, -0.05) is 6.42 Å². The Balaban J connectivity index is 1.70. The predicted molar refractivity (Wildman–Crippen MR) is 165 cm³/mol. The van der Waals surface area contributed by atoms with Crippen LogP contribution >= 0.6 is 0 Å². The minimum Gasteiger partial charge on any atom is -0.480 e. The normalized spacial score (nSPS) is 15.2. The van der Waals surface area contributed by atoms with Crippen molar-refractivity contribution in [3.8, 4) is 0 Å². The number of aliphatic carboxylic acids is 1. The topological polar surface area (TPSA) is 292 Å². The summed E-state index contributed by atoms with van der Waals surface area (Å²) in [6.07, 6.45) is -0.124. The van der Waals surface area contributed by atoms with Crippen LogP contribution in [0.4, 0.5) is 23.4 Å². The molecule has 1 aliphatic rings. The summed E-state index contributed by atoms with van der Waals surface area (Å²) in [6, 6.07) is 0.541. The smallest absolute Gasteiger partial charge is 0.350 e. The molecule has 19 nitrogen and oxygen atoms in total. The van der Waals surface area contributed by atoms with Gasteiger partial charge in [-0.25, -0.2) is 9.79 Å². The Hall–Kier alpha value is -5.01. The molecule has 0 saturated heterocycles. The maximum Gasteiger partial charge on any atom is 0.350 e. The summed E-state index contributed by atoms with van der Waals surface area (Å²) < 4.78 is 1.25. The molecule has 1 unspecified atom stereocenters. The predicted octanol–water partition coefficient (Wildman–Crippen LogP) is -2.78. The number of nitrogens with one attached hydrogen (secondary N) is 4. The number of aromatic nitrogens is 5. The molecule has 3 aromatic rings. The summed E-state index contributed by atoms with van der Waals surface area (Å²) in [4.78, 5) is 71.1. The van der Waals surface area contributed by atoms with Crippen LogP contribution in [0.5, 0.6) is 0 Å². The van der Waals surface area contributed by atoms with Crippen molar-refractivity contribution in [2.75, 3.05) is 61.5 Å². The van der Waals surface area contributed by atoms with Gasteiger partial charge in [-0.05, 0) is 19.4 Å². The third-order valence-corrected chi connectivity index (χ3v) is 7.37. The average molecular weight is 616 g/mol. The van der Waals surface area contributed by atoms with Gasteiger partial charge in [0.15, 0.2) is 5.82 Å². The number of aliphatic hydroxyl groups is 1. The summed E-state index contributed by atoms with van der Waals surface area (Å²) in [5, 5.41) is 26.6. The second kappa shape index (κ2) is 13.5. The summed E-state index contributed by atoms with van der Waals surface area (Å²) in [7, 11) is 3.15. The van der Waals surface area contributed by atoms with E-state index in [1.807, 2.05) is 0 Å². The van der Waals surface area contributed by atoms with Crippen molar-refractivity contribution in [3.63, 3.8) is 0 Å². The number of nitrogens with zero attached hydrogens (tertiary/aromatic N) is 6. The number of H-pyrrole nitrogens is 2. The Morgan fingerprint density at radius 2 is 1.82 bits per heavy atom. The number of rotatable bonds is 14. The second-order valence-electron chi connectivity index (χ2n) is 10.0. The van der Waals surface area contributed by atoms with Gasteiger partial charge in [0.2, 0.25) is 12.3 Å². The molecule has 2 atom stereocenters. The maximum absolute atomic E-state index is 13.0. The molecule has 44 heavy (non-hydrogen) atoms. The summed E-state index contributed by atoms with van der Waals surface area (Å²) in [5.41, 5.74) is 15.8. The SMILES string of the molecule is CNc1cc2c(c(N)nc(=O)n2CCN(CCN2c3nc(NC)[nH]c(=O)c3C(N)=NC2O)[C@@H](CCCCN)C(=O)O)c(=O)[nH]1. The van der Waals surface area contributed by atoms with Crippen molar-refractivity contribution in [3.05, 3.63) is 42.8 Å². The number of hydrogen-bond donors (Lipinski definition) is 9. The van der Waals surface area contributed by atoms with E-state index < -0.39 is 35.2 Å². The van der Waals surface area contributed by atoms with Crippen LogP contribution in [0.1, 0.15) is 24.8 Å². The van der Waals surface area contributed by atoms with Gasteiger partial charge in [0.25, 0.3) is 11.1 Å². The molecule has 0 saturated carbocycles. The molecule has 19 heteroatoms. The number of fused-ring (bicyclic) bond motifs is 2. The van der Waals surface area contributed by atoms with Gasteiger partial charge in [-0.2, -0.15) is 9.97 Å². The summed E-state index contributed by atoms with van der Waals surface area (Å²) >= 11 is 0. The van der Waals surface area contributed by atoms with E-state index in [0.717, 1.165) is 0 Å². The molecule has 12 N–H and O–H groups in total. The van der Waals surface area contributed by atoms with Crippen molar-refractivity contribution >= 4 is 46.1 Å². The zero-order valence-corrected chi connectivity index (χ0v) is 24.3. The van der Waals surface area contributed by atoms with Crippen molar-refractivity contribution in [2.45, 2.75) is 38.2 Å². The van der Waals surface area contributed by atoms with Crippen molar-refractivity contribution < 1.29 is 15.0 Å². The molecule has 0 aliphatic carbocycles. The van der Waals surface area contributed by atoms with Crippen LogP contribution in [0, 0.1) is 0 Å². The Morgan fingerprint density at radius 1 is 1.09 bits per heavy atom. The van der Waals surface area contributed by atoms with Gasteiger partial charge in [-0.15, -0.1) is 0 Å². The Labute approximate surface area is 249 Å². The Morgan fingerprint density at radius 3 is 2.48 bits per heavy atom. The first-order valence-corrected chi connectivity index (χ1v) is 13.9. The quantitative estimate of drug-likeness (QED) is 0.0829. The van der Waals surface area contributed by atoms with E-state index >= 15 is 0 Å². The highest BCUT2D eigenvalue weighted by Gasteiger charge is 2.32. The van der Waals surface area contributed by atoms with E-state index in [0.29, 0.717) is 25.2 Å². The highest BCUT2D eigenvalue weighted by atomic mass is 16.4. The molecule has 0 fully saturated rings. The average Bonchev–Trinajstić information content (AvgIpc) is 2.96. The lowest BCUT2D eigenvalue weighted by molar-refractivity contribution is -0.143. The number of unbranched alkanes of at least 4 members (excludes halogenated alkanes) is 1. The zero-order chi connectivity index (χ0) is 32.1. The number of anilines is 4. The fourth-order valence-corrected chi connectivity index (χ4v) is 5.12. The molecule has 0 aromatic carbocycles. The minimum atomic E-state index is -1.50. The van der Waals surface area contributed by atoms with Gasteiger partial charge >= 0.3 is 11.7 Å². The molecule has 1 aliphatic heterocycles. The number of aromatic amines is 2. The molecule has 0 radical (unpaired) electrons. The molecular formula is C25H37N13O6. The number of nitrogens with two attached hydrogens (primary N) is 3. The van der Waals surface area contributed by atoms with E-state index in [4.69, 9.17) is 17.2 Å². The lowest BCUT2D eigenvalue weighted by Gasteiger charge is -2.35. The number of aliphatic imine (C=N–C) groups is 1. The molecule has 3 aromatic heterocycles. The van der Waals surface area contributed by atoms with E-state index in [2.05, 4.69) is 35.6 Å². The number of hydrogen-bond acceptors (Lipinski definition) is 15. The van der Waals surface area contributed by atoms with Crippen LogP contribution in [0.25, 0.3) is 10.9 Å². The van der Waals surface area contributed by atoms with Gasteiger partial charge in [0.05, 0.1) is 5.52 Å². The molecule has 4 rings (SSSR count). The number of carboxylic acids is 1. The van der Waals surface area contributed by atoms with Gasteiger partial charge < -0.3 is 47.9 Å². The van der Waals surface area contributed by atoms with E-state index in [1.54, 1.807) is 25.1 Å². The molecular weight excluding hydrogens is 578 g/mol. The molecule has 0 spiro atoms. The first-order chi connectivity index (χ1) is 21.0. The van der Waals surface area contributed by atoms with Gasteiger partial charge in [-0.3, -0.25) is 28.8 Å². The fourth-order valence-electron chi connectivity index (χ4n) is 5.12. The second-order valence-corrected chi connectivity index (χ2v) is 10.0. The first-order valence-electron chi connectivity index (χ1n) is 13.9. The zero-order valence-electron chi connectivity index (χ0n) is 24.3. The Kier molecular flexibility index (Phi) is 9.81. The molecule has 238 valence electrons. The van der Waals surface area contributed by atoms with Gasteiger partial charge in [0, 0.05) is 46.3 Å². The lowest BCUT2D eigenvalue weighted by atomic mass is 10.1. The third-order valence-electron chi connectivity index (χ3n) is 7.37. The summed E-state index contributed by atoms with van der Waals surface area (Å²) in [5.74, 6) is -0.993. The largest absolute Gasteiger partial charge is 0.480 e. The number of nitrogen functional groups attached to an aromatic ring is 1. The van der Waals surface area contributed by atoms with Crippen LogP contribution in [0.2, 0.25) is 0 Å². The highest BCUT2D eigenvalue weighted by molar-refractivity contribution is 6.03. The van der Waals surface area contributed by atoms with Crippen molar-refractivity contribution in [1.82, 2.24) is 29.4 Å². The number of pyridine rings is 1. The van der Waals surface area contributed by atoms with E-state index in [9.17, 15) is 29.4 Å². The van der Waals surface area contributed by atoms with Crippen molar-refractivity contribution in [2.24, 2.45) is 16.5 Å². The van der Waals surface area contributed by atoms with Crippen molar-refractivity contribution in [1.29, 1.82) is 0 Å². The van der Waals surface area contributed by atoms with E-state index in [-0.39, 0.29) is 72.5 Å². The molecule has 0 amide bonds. The first kappa shape index (κ1) is 31.9. The van der Waals surface area contributed by atoms with Crippen LogP contribution in [0.3, 0.4) is 0 Å². The monoisotopic (exact) mass is 615 g/mol. The number of carboxylic acid groups (broad SMARTS) is 1. The number of amidine groups is 1. The van der Waals surface area contributed by atoms with Crippen LogP contribution < -0.4 is 49.5 Å². The lowest BCUT2D eigenvalue weighted by Crippen LogP contribution is -2.50. The Bertz CT molecular complexity index is 1730. The maximum atomic E-state index is 13.0. The summed E-state index contributed by atoms with van der Waals surface area (Å²) in [6.45, 7) is 0.366. The number of carbonyl (C=O) groups is 1. The molecule has 0 bridgehead atoms. The standard InChI is InChI=1S/C25H37N13O6/c1-29-14-11-13-15(20(39)31-14)17(27)32-24(43)37(13)9-7-36(12(22(41)42)5-3-4-6-26)8-10-38-19-16(18(28)33-25(38)44)21(40)35-23(30-2)34-19/h11-12,25,44H,3-10,26H2,1-2H3,(H2,28,33)(H,41,42)(H2,27,32,43)(H2,29,31,39)(H2,30,34,35,40)/t12-,25?/m0/s1. The van der Waals surface area contributed by atoms with Crippen LogP contribution in [-0.4, -0.2) is 104 Å². The van der Waals surface area contributed by atoms with E-state index in [1.165, 1.54) is 9.47 Å². The van der Waals surface area contributed by atoms with Crippen LogP contribution in [-0.2, 0) is 11.3 Å². The van der Waals surface area contributed by atoms with Crippen LogP contribution in [0.15, 0.2) is 25.4 Å². The number of aliphatic hydroxyl groups excluding tert-OH is 1.